The molecule has 1 aliphatic rings. The van der Waals surface area contributed by atoms with Gasteiger partial charge in [0.25, 0.3) is 0 Å². The molecule has 0 radical (unpaired) electrons. The van der Waals surface area contributed by atoms with Crippen LogP contribution < -0.4 is 11.1 Å². The van der Waals surface area contributed by atoms with E-state index in [0.29, 0.717) is 0 Å². The Bertz CT molecular complexity index is 640. The van der Waals surface area contributed by atoms with Crippen LogP contribution >= 0.6 is 15.9 Å². The number of nitrogens with two attached hydrogens (primary N) is 1. The molecule has 4 nitrogen and oxygen atoms in total. The highest BCUT2D eigenvalue weighted by Gasteiger charge is 2.41. The van der Waals surface area contributed by atoms with Gasteiger partial charge in [0.1, 0.15) is 0 Å². The van der Waals surface area contributed by atoms with Crippen LogP contribution in [0.3, 0.4) is 0 Å². The first-order valence-electron chi connectivity index (χ1n) is 6.82. The van der Waals surface area contributed by atoms with E-state index in [1.165, 1.54) is 12.8 Å². The van der Waals surface area contributed by atoms with E-state index in [1.807, 2.05) is 18.2 Å². The van der Waals surface area contributed by atoms with Crippen LogP contribution in [-0.2, 0) is 0 Å². The zero-order valence-electron chi connectivity index (χ0n) is 11.2. The molecule has 1 saturated carbocycles. The van der Waals surface area contributed by atoms with Gasteiger partial charge in [0.15, 0.2) is 0 Å². The molecular formula is C15H18BrN3O. The number of fused-ring (bicyclic) bond motifs is 1. The van der Waals surface area contributed by atoms with Gasteiger partial charge in [-0.2, -0.15) is 0 Å². The quantitative estimate of drug-likeness (QED) is 0.734. The molecule has 5 heteroatoms. The van der Waals surface area contributed by atoms with Gasteiger partial charge in [-0.3, -0.25) is 4.98 Å². The average Bonchev–Trinajstić information content (AvgIpc) is 3.19. The minimum Gasteiger partial charge on any atom is -0.398 e. The summed E-state index contributed by atoms with van der Waals surface area (Å²) in [5.74, 6) is 0. The minimum atomic E-state index is 0.259. The lowest BCUT2D eigenvalue weighted by Gasteiger charge is -2.17. The number of nitrogen functional groups attached to an aromatic ring is 1. The summed E-state index contributed by atoms with van der Waals surface area (Å²) in [7, 11) is 0. The van der Waals surface area contributed by atoms with E-state index in [4.69, 9.17) is 10.8 Å². The zero-order valence-corrected chi connectivity index (χ0v) is 12.8. The molecule has 1 aromatic carbocycles. The Kier molecular flexibility index (Phi) is 3.56. The minimum absolute atomic E-state index is 0.259. The third-order valence-corrected chi connectivity index (χ3v) is 4.54. The maximum atomic E-state index is 9.12. The zero-order chi connectivity index (χ0) is 14.2. The van der Waals surface area contributed by atoms with Crippen molar-refractivity contribution in [1.29, 1.82) is 0 Å². The van der Waals surface area contributed by atoms with Gasteiger partial charge < -0.3 is 16.2 Å². The Labute approximate surface area is 126 Å². The summed E-state index contributed by atoms with van der Waals surface area (Å²) < 4.78 is 0.924. The lowest BCUT2D eigenvalue weighted by Crippen LogP contribution is -2.17. The Hall–Kier alpha value is -1.33. The number of nitrogens with one attached hydrogen (secondary N) is 1. The van der Waals surface area contributed by atoms with Crippen molar-refractivity contribution in [3.05, 3.63) is 28.9 Å². The van der Waals surface area contributed by atoms with E-state index in [9.17, 15) is 0 Å². The van der Waals surface area contributed by atoms with E-state index < -0.39 is 0 Å². The molecule has 1 heterocycles. The lowest BCUT2D eigenvalue weighted by atomic mass is 10.0. The third kappa shape index (κ3) is 2.60. The number of aliphatic hydroxyl groups is 1. The second-order valence-corrected chi connectivity index (χ2v) is 6.49. The molecule has 3 rings (SSSR count). The molecule has 20 heavy (non-hydrogen) atoms. The lowest BCUT2D eigenvalue weighted by molar-refractivity contribution is 0.253. The normalized spacial score (nSPS) is 16.3. The average molecular weight is 336 g/mol. The van der Waals surface area contributed by atoms with Crippen molar-refractivity contribution in [2.75, 3.05) is 24.2 Å². The van der Waals surface area contributed by atoms with Crippen LogP contribution in [0.5, 0.6) is 0 Å². The number of aliphatic hydroxyl groups excluding tert-OH is 1. The fourth-order valence-corrected chi connectivity index (χ4v) is 2.90. The molecule has 0 atom stereocenters. The predicted octanol–water partition coefficient (Wildman–Crippen LogP) is 3.15. The van der Waals surface area contributed by atoms with Gasteiger partial charge in [0.05, 0.1) is 11.2 Å². The summed E-state index contributed by atoms with van der Waals surface area (Å²) in [5, 5.41) is 13.5. The number of hydrogen-bond donors (Lipinski definition) is 3. The van der Waals surface area contributed by atoms with Gasteiger partial charge in [-0.1, -0.05) is 0 Å². The highest BCUT2D eigenvalue weighted by molar-refractivity contribution is 9.10. The maximum Gasteiger partial charge on any atom is 0.0954 e. The number of nitrogens with zero attached hydrogens (tertiary/aromatic N) is 1. The van der Waals surface area contributed by atoms with E-state index in [2.05, 4.69) is 26.2 Å². The Balaban J connectivity index is 1.87. The number of halogens is 1. The SMILES string of the molecule is Nc1ccc(NCC2(CCO)CC2)c2ncc(Br)cc12. The number of rotatable bonds is 5. The van der Waals surface area contributed by atoms with Crippen LogP contribution in [0.1, 0.15) is 19.3 Å². The van der Waals surface area contributed by atoms with Gasteiger partial charge in [-0.15, -0.1) is 0 Å². The summed E-state index contributed by atoms with van der Waals surface area (Å²) in [5.41, 5.74) is 8.92. The van der Waals surface area contributed by atoms with Crippen molar-refractivity contribution in [2.45, 2.75) is 19.3 Å². The highest BCUT2D eigenvalue weighted by atomic mass is 79.9. The summed E-state index contributed by atoms with van der Waals surface area (Å²) in [6.07, 6.45) is 5.03. The third-order valence-electron chi connectivity index (χ3n) is 4.10. The van der Waals surface area contributed by atoms with Gasteiger partial charge in [-0.05, 0) is 58.8 Å². The highest BCUT2D eigenvalue weighted by Crippen LogP contribution is 2.48. The second-order valence-electron chi connectivity index (χ2n) is 5.58. The standard InChI is InChI=1S/C15H18BrN3O/c16-10-7-11-12(17)1-2-13(14(11)18-8-10)19-9-15(3-4-15)5-6-20/h1-2,7-8,19-20H,3-6,9,17H2. The van der Waals surface area contributed by atoms with Crippen LogP contribution in [0, 0.1) is 5.41 Å². The molecule has 0 amide bonds. The molecule has 106 valence electrons. The molecule has 4 N–H and O–H groups in total. The molecule has 0 aliphatic heterocycles. The van der Waals surface area contributed by atoms with E-state index in [1.54, 1.807) is 6.20 Å². The molecule has 2 aromatic rings. The first kappa shape index (κ1) is 13.6. The molecule has 1 aromatic heterocycles. The number of anilines is 2. The molecular weight excluding hydrogens is 318 g/mol. The van der Waals surface area contributed by atoms with Gasteiger partial charge >= 0.3 is 0 Å². The molecule has 0 bridgehead atoms. The Morgan fingerprint density at radius 3 is 2.90 bits per heavy atom. The topological polar surface area (TPSA) is 71.2 Å². The smallest absolute Gasteiger partial charge is 0.0954 e. The summed E-state index contributed by atoms with van der Waals surface area (Å²) in [6.45, 7) is 1.14. The Morgan fingerprint density at radius 1 is 1.40 bits per heavy atom. The summed E-state index contributed by atoms with van der Waals surface area (Å²) >= 11 is 3.43. The Morgan fingerprint density at radius 2 is 2.20 bits per heavy atom. The predicted molar refractivity (Wildman–Crippen MR) is 85.7 cm³/mol. The van der Waals surface area contributed by atoms with Crippen molar-refractivity contribution in [3.8, 4) is 0 Å². The molecule has 1 fully saturated rings. The fraction of sp³-hybridized carbons (Fsp3) is 0.400. The van der Waals surface area contributed by atoms with Crippen LogP contribution in [0.15, 0.2) is 28.9 Å². The second kappa shape index (κ2) is 5.22. The van der Waals surface area contributed by atoms with Crippen molar-refractivity contribution in [3.63, 3.8) is 0 Å². The first-order valence-corrected chi connectivity index (χ1v) is 7.61. The summed E-state index contributed by atoms with van der Waals surface area (Å²) in [6, 6.07) is 5.88. The number of hydrogen-bond acceptors (Lipinski definition) is 4. The largest absolute Gasteiger partial charge is 0.398 e. The van der Waals surface area contributed by atoms with Crippen molar-refractivity contribution in [1.82, 2.24) is 4.98 Å². The number of pyridine rings is 1. The molecule has 0 saturated heterocycles. The number of benzene rings is 1. The maximum absolute atomic E-state index is 9.12. The first-order chi connectivity index (χ1) is 9.63. The van der Waals surface area contributed by atoms with Gasteiger partial charge in [0.2, 0.25) is 0 Å². The van der Waals surface area contributed by atoms with Crippen LogP contribution in [-0.4, -0.2) is 23.2 Å². The molecule has 0 unspecified atom stereocenters. The van der Waals surface area contributed by atoms with E-state index >= 15 is 0 Å². The summed E-state index contributed by atoms with van der Waals surface area (Å²) in [4.78, 5) is 4.47. The van der Waals surface area contributed by atoms with Crippen molar-refractivity contribution >= 4 is 38.2 Å². The van der Waals surface area contributed by atoms with Crippen LogP contribution in [0.2, 0.25) is 0 Å². The monoisotopic (exact) mass is 335 g/mol. The molecule has 1 aliphatic carbocycles. The van der Waals surface area contributed by atoms with Crippen LogP contribution in [0.25, 0.3) is 10.9 Å². The van der Waals surface area contributed by atoms with Gasteiger partial charge in [0, 0.05) is 34.9 Å². The van der Waals surface area contributed by atoms with Crippen LogP contribution in [0.4, 0.5) is 11.4 Å². The fourth-order valence-electron chi connectivity index (χ4n) is 2.57. The van der Waals surface area contributed by atoms with E-state index in [-0.39, 0.29) is 12.0 Å². The van der Waals surface area contributed by atoms with Crippen molar-refractivity contribution < 1.29 is 5.11 Å². The van der Waals surface area contributed by atoms with E-state index in [0.717, 1.165) is 39.7 Å². The molecule has 0 spiro atoms. The van der Waals surface area contributed by atoms with Crippen molar-refractivity contribution in [2.24, 2.45) is 5.41 Å². The van der Waals surface area contributed by atoms with Gasteiger partial charge in [-0.25, -0.2) is 0 Å². The number of aromatic nitrogens is 1.